The van der Waals surface area contributed by atoms with Gasteiger partial charge in [0.05, 0.1) is 12.1 Å². The van der Waals surface area contributed by atoms with E-state index in [4.69, 9.17) is 9.47 Å². The van der Waals surface area contributed by atoms with Crippen LogP contribution >= 0.6 is 0 Å². The van der Waals surface area contributed by atoms with Gasteiger partial charge >= 0.3 is 0 Å². The number of carbonyl (C=O) groups excluding carboxylic acids is 1. The molecule has 2 aromatic rings. The molecular formula is C19H20N2O3. The van der Waals surface area contributed by atoms with Crippen molar-refractivity contribution >= 4 is 5.91 Å². The predicted octanol–water partition coefficient (Wildman–Crippen LogP) is 2.31. The molecule has 0 saturated heterocycles. The third kappa shape index (κ3) is 2.83. The van der Waals surface area contributed by atoms with Gasteiger partial charge in [0.25, 0.3) is 0 Å². The summed E-state index contributed by atoms with van der Waals surface area (Å²) in [7, 11) is 0. The van der Waals surface area contributed by atoms with Gasteiger partial charge in [0, 0.05) is 6.54 Å². The number of hydrogen-bond acceptors (Lipinski definition) is 4. The van der Waals surface area contributed by atoms with Crippen LogP contribution in [0.15, 0.2) is 42.5 Å². The van der Waals surface area contributed by atoms with E-state index in [9.17, 15) is 4.79 Å². The molecule has 1 amide bonds. The number of amides is 1. The molecular weight excluding hydrogens is 304 g/mol. The molecule has 124 valence electrons. The molecule has 0 fully saturated rings. The summed E-state index contributed by atoms with van der Waals surface area (Å²) in [6.45, 7) is 2.96. The zero-order valence-corrected chi connectivity index (χ0v) is 13.5. The van der Waals surface area contributed by atoms with Gasteiger partial charge in [-0.25, -0.2) is 0 Å². The Kier molecular flexibility index (Phi) is 3.86. The van der Waals surface area contributed by atoms with E-state index in [0.717, 1.165) is 30.0 Å². The van der Waals surface area contributed by atoms with Crippen LogP contribution in [0.2, 0.25) is 0 Å². The topological polar surface area (TPSA) is 59.6 Å². The summed E-state index contributed by atoms with van der Waals surface area (Å²) in [6.07, 6.45) is 0.718. The van der Waals surface area contributed by atoms with Crippen molar-refractivity contribution in [3.05, 3.63) is 59.2 Å². The maximum Gasteiger partial charge on any atom is 0.237 e. The van der Waals surface area contributed by atoms with Crippen LogP contribution in [0.4, 0.5) is 0 Å². The van der Waals surface area contributed by atoms with Crippen molar-refractivity contribution in [2.24, 2.45) is 0 Å². The number of rotatable bonds is 3. The van der Waals surface area contributed by atoms with Gasteiger partial charge in [-0.15, -0.1) is 0 Å². The summed E-state index contributed by atoms with van der Waals surface area (Å²) in [5.41, 5.74) is 3.52. The van der Waals surface area contributed by atoms with E-state index in [2.05, 4.69) is 22.8 Å². The predicted molar refractivity (Wildman–Crippen MR) is 89.9 cm³/mol. The van der Waals surface area contributed by atoms with E-state index in [0.29, 0.717) is 0 Å². The highest BCUT2D eigenvalue weighted by molar-refractivity contribution is 5.82. The molecule has 5 nitrogen and oxygen atoms in total. The van der Waals surface area contributed by atoms with Crippen molar-refractivity contribution in [1.29, 1.82) is 0 Å². The van der Waals surface area contributed by atoms with Crippen molar-refractivity contribution in [1.82, 2.24) is 10.6 Å². The zero-order valence-electron chi connectivity index (χ0n) is 13.5. The molecule has 0 saturated carbocycles. The third-order valence-electron chi connectivity index (χ3n) is 4.65. The summed E-state index contributed by atoms with van der Waals surface area (Å²) < 4.78 is 10.7. The normalized spacial score (nSPS) is 19.5. The van der Waals surface area contributed by atoms with Crippen LogP contribution < -0.4 is 20.1 Å². The highest BCUT2D eigenvalue weighted by Gasteiger charge is 2.25. The second kappa shape index (κ2) is 6.17. The first kappa shape index (κ1) is 15.0. The molecule has 2 unspecified atom stereocenters. The van der Waals surface area contributed by atoms with Crippen LogP contribution in [0.5, 0.6) is 11.5 Å². The molecule has 2 aliphatic heterocycles. The van der Waals surface area contributed by atoms with Gasteiger partial charge in [-0.2, -0.15) is 0 Å². The maximum absolute atomic E-state index is 12.6. The first-order chi connectivity index (χ1) is 11.7. The molecule has 5 heteroatoms. The van der Waals surface area contributed by atoms with E-state index in [1.165, 1.54) is 11.1 Å². The number of benzene rings is 2. The minimum atomic E-state index is -0.198. The highest BCUT2D eigenvalue weighted by atomic mass is 16.7. The zero-order chi connectivity index (χ0) is 16.5. The van der Waals surface area contributed by atoms with Crippen LogP contribution in [-0.4, -0.2) is 18.7 Å². The van der Waals surface area contributed by atoms with Gasteiger partial charge in [0.1, 0.15) is 0 Å². The summed E-state index contributed by atoms with van der Waals surface area (Å²) in [4.78, 5) is 12.6. The first-order valence-electron chi connectivity index (χ1n) is 8.21. The Balaban J connectivity index is 1.43. The smallest absolute Gasteiger partial charge is 0.237 e. The summed E-state index contributed by atoms with van der Waals surface area (Å²) in [6, 6.07) is 13.7. The van der Waals surface area contributed by atoms with E-state index in [1.807, 2.05) is 37.3 Å². The van der Waals surface area contributed by atoms with Crippen molar-refractivity contribution in [3.8, 4) is 11.5 Å². The van der Waals surface area contributed by atoms with Crippen LogP contribution in [0.3, 0.4) is 0 Å². The molecule has 0 radical (unpaired) electrons. The molecule has 2 atom stereocenters. The molecule has 2 aliphatic rings. The van der Waals surface area contributed by atoms with Gasteiger partial charge in [-0.3, -0.25) is 4.79 Å². The highest BCUT2D eigenvalue weighted by Crippen LogP contribution is 2.34. The maximum atomic E-state index is 12.6. The molecule has 4 rings (SSSR count). The molecule has 2 N–H and O–H groups in total. The van der Waals surface area contributed by atoms with Gasteiger partial charge < -0.3 is 20.1 Å². The fourth-order valence-corrected chi connectivity index (χ4v) is 3.22. The standard InChI is InChI=1S/C19H20N2O3/c1-12(13-6-7-17-18(9-13)24-11-23-17)21-19(22)16-8-14-4-2-3-5-15(14)10-20-16/h2-7,9,12,16,20H,8,10-11H2,1H3,(H,21,22). The first-order valence-corrected chi connectivity index (χ1v) is 8.21. The summed E-state index contributed by atoms with van der Waals surface area (Å²) >= 11 is 0. The Bertz CT molecular complexity index is 775. The van der Waals surface area contributed by atoms with E-state index >= 15 is 0 Å². The van der Waals surface area contributed by atoms with E-state index in [-0.39, 0.29) is 24.8 Å². The molecule has 2 aromatic carbocycles. The molecule has 0 aliphatic carbocycles. The van der Waals surface area contributed by atoms with Gasteiger partial charge in [-0.05, 0) is 42.2 Å². The van der Waals surface area contributed by atoms with Crippen molar-refractivity contribution in [2.75, 3.05) is 6.79 Å². The Morgan fingerprint density at radius 2 is 1.96 bits per heavy atom. The van der Waals surface area contributed by atoms with Crippen LogP contribution in [-0.2, 0) is 17.8 Å². The number of hydrogen-bond donors (Lipinski definition) is 2. The van der Waals surface area contributed by atoms with Gasteiger partial charge in [0.15, 0.2) is 11.5 Å². The summed E-state index contributed by atoms with van der Waals surface area (Å²) in [5, 5.41) is 6.41. The van der Waals surface area contributed by atoms with Crippen molar-refractivity contribution < 1.29 is 14.3 Å². The lowest BCUT2D eigenvalue weighted by Crippen LogP contribution is -2.48. The largest absolute Gasteiger partial charge is 0.454 e. The minimum absolute atomic E-state index is 0.0228. The molecule has 2 heterocycles. The lowest BCUT2D eigenvalue weighted by molar-refractivity contribution is -0.124. The minimum Gasteiger partial charge on any atom is -0.454 e. The lowest BCUT2D eigenvalue weighted by atomic mass is 9.95. The number of carbonyl (C=O) groups is 1. The molecule has 0 aromatic heterocycles. The molecule has 0 bridgehead atoms. The molecule has 24 heavy (non-hydrogen) atoms. The second-order valence-corrected chi connectivity index (χ2v) is 6.25. The van der Waals surface area contributed by atoms with Gasteiger partial charge in [0.2, 0.25) is 12.7 Å². The number of ether oxygens (including phenoxy) is 2. The quantitative estimate of drug-likeness (QED) is 0.910. The second-order valence-electron chi connectivity index (χ2n) is 6.25. The SMILES string of the molecule is CC(NC(=O)C1Cc2ccccc2CN1)c1ccc2c(c1)OCO2. The molecule has 0 spiro atoms. The van der Waals surface area contributed by atoms with Crippen LogP contribution in [0.1, 0.15) is 29.7 Å². The Hall–Kier alpha value is -2.53. The Morgan fingerprint density at radius 3 is 2.83 bits per heavy atom. The van der Waals surface area contributed by atoms with E-state index < -0.39 is 0 Å². The van der Waals surface area contributed by atoms with Crippen LogP contribution in [0.25, 0.3) is 0 Å². The van der Waals surface area contributed by atoms with Crippen LogP contribution in [0, 0.1) is 0 Å². The number of nitrogens with one attached hydrogen (secondary N) is 2. The average Bonchev–Trinajstić information content (AvgIpc) is 3.08. The fraction of sp³-hybridized carbons (Fsp3) is 0.316. The van der Waals surface area contributed by atoms with Crippen molar-refractivity contribution in [2.45, 2.75) is 32.0 Å². The Morgan fingerprint density at radius 1 is 1.17 bits per heavy atom. The van der Waals surface area contributed by atoms with Crippen molar-refractivity contribution in [3.63, 3.8) is 0 Å². The van der Waals surface area contributed by atoms with E-state index in [1.54, 1.807) is 0 Å². The monoisotopic (exact) mass is 324 g/mol. The number of fused-ring (bicyclic) bond motifs is 2. The lowest BCUT2D eigenvalue weighted by Gasteiger charge is -2.26. The summed E-state index contributed by atoms with van der Waals surface area (Å²) in [5.74, 6) is 1.51. The average molecular weight is 324 g/mol. The third-order valence-corrected chi connectivity index (χ3v) is 4.65. The fourth-order valence-electron chi connectivity index (χ4n) is 3.22. The van der Waals surface area contributed by atoms with Gasteiger partial charge in [-0.1, -0.05) is 30.3 Å². The Labute approximate surface area is 141 Å².